The molecule has 0 atom stereocenters. The lowest BCUT2D eigenvalue weighted by Crippen LogP contribution is -2.52. The number of benzene rings is 1. The van der Waals surface area contributed by atoms with Crippen LogP contribution in [-0.4, -0.2) is 104 Å². The van der Waals surface area contributed by atoms with Crippen LogP contribution in [0.15, 0.2) is 24.3 Å². The van der Waals surface area contributed by atoms with E-state index in [4.69, 9.17) is 4.74 Å². The molecule has 9 nitrogen and oxygen atoms in total. The first-order valence-corrected chi connectivity index (χ1v) is 16.3. The van der Waals surface area contributed by atoms with Gasteiger partial charge in [0.1, 0.15) is 5.60 Å². The maximum absolute atomic E-state index is 13.0. The lowest BCUT2D eigenvalue weighted by molar-refractivity contribution is -0.138. The fourth-order valence-electron chi connectivity index (χ4n) is 6.67. The molecule has 1 spiro atoms. The molecule has 5 rings (SSSR count). The van der Waals surface area contributed by atoms with Crippen molar-refractivity contribution in [2.75, 3.05) is 58.6 Å². The zero-order valence-corrected chi connectivity index (χ0v) is 24.3. The first-order valence-electron chi connectivity index (χ1n) is 14.4. The number of hydrogen-bond acceptors (Lipinski definition) is 6. The number of piperidine rings is 1. The van der Waals surface area contributed by atoms with Crippen molar-refractivity contribution in [3.05, 3.63) is 35.4 Å². The maximum Gasteiger partial charge on any atom is 0.416 e. The highest BCUT2D eigenvalue weighted by atomic mass is 32.2. The van der Waals surface area contributed by atoms with Crippen LogP contribution in [0.2, 0.25) is 0 Å². The molecule has 0 bridgehead atoms. The molecular weight excluding hydrogens is 561 g/mol. The Morgan fingerprint density at radius 2 is 1.59 bits per heavy atom. The van der Waals surface area contributed by atoms with E-state index in [0.29, 0.717) is 77.7 Å². The van der Waals surface area contributed by atoms with E-state index < -0.39 is 27.4 Å². The summed E-state index contributed by atoms with van der Waals surface area (Å²) in [6, 6.07) is 5.27. The molecule has 3 heterocycles. The Kier molecular flexibility index (Phi) is 8.60. The number of hydrogen-bond donors (Lipinski definition) is 0. The van der Waals surface area contributed by atoms with Gasteiger partial charge in [-0.15, -0.1) is 0 Å². The van der Waals surface area contributed by atoms with E-state index in [1.54, 1.807) is 4.90 Å². The van der Waals surface area contributed by atoms with Gasteiger partial charge in [-0.2, -0.15) is 17.5 Å². The van der Waals surface area contributed by atoms with Crippen molar-refractivity contribution < 1.29 is 35.9 Å². The Balaban J connectivity index is 1.04. The molecule has 0 unspecified atom stereocenters. The van der Waals surface area contributed by atoms with Gasteiger partial charge in [-0.3, -0.25) is 9.69 Å². The van der Waals surface area contributed by atoms with Gasteiger partial charge in [0.05, 0.1) is 18.4 Å². The molecule has 4 fully saturated rings. The summed E-state index contributed by atoms with van der Waals surface area (Å²) >= 11 is 0. The zero-order valence-electron chi connectivity index (χ0n) is 23.4. The molecule has 1 aliphatic carbocycles. The summed E-state index contributed by atoms with van der Waals surface area (Å²) in [5, 5.41) is 0. The van der Waals surface area contributed by atoms with Crippen molar-refractivity contribution in [3.63, 3.8) is 0 Å². The molecule has 2 amide bonds. The third kappa shape index (κ3) is 7.16. The van der Waals surface area contributed by atoms with Crippen LogP contribution in [0.25, 0.3) is 0 Å². The summed E-state index contributed by atoms with van der Waals surface area (Å²) in [6.07, 6.45) is 1.18. The lowest BCUT2D eigenvalue weighted by Gasteiger charge is -2.38. The number of halogens is 3. The highest BCUT2D eigenvalue weighted by Gasteiger charge is 2.47. The van der Waals surface area contributed by atoms with Gasteiger partial charge in [-0.25, -0.2) is 13.2 Å². The number of amides is 2. The number of carbonyl (C=O) groups is 2. The van der Waals surface area contributed by atoms with E-state index in [2.05, 4.69) is 4.90 Å². The quantitative estimate of drug-likeness (QED) is 0.498. The zero-order chi connectivity index (χ0) is 29.4. The van der Waals surface area contributed by atoms with Crippen LogP contribution < -0.4 is 0 Å². The molecular formula is C28H39F3N4O5S. The first kappa shape index (κ1) is 30.1. The normalized spacial score (nSPS) is 26.4. The van der Waals surface area contributed by atoms with Gasteiger partial charge < -0.3 is 14.5 Å². The molecule has 228 valence electrons. The summed E-state index contributed by atoms with van der Waals surface area (Å²) < 4.78 is 69.3. The van der Waals surface area contributed by atoms with Gasteiger partial charge in [0.25, 0.3) is 0 Å². The third-order valence-electron chi connectivity index (χ3n) is 9.19. The van der Waals surface area contributed by atoms with Crippen molar-refractivity contribution in [2.24, 2.45) is 11.8 Å². The monoisotopic (exact) mass is 600 g/mol. The van der Waals surface area contributed by atoms with Crippen LogP contribution >= 0.6 is 0 Å². The number of alkyl halides is 3. The summed E-state index contributed by atoms with van der Waals surface area (Å²) in [6.45, 7) is 4.65. The van der Waals surface area contributed by atoms with Crippen molar-refractivity contribution in [3.8, 4) is 0 Å². The number of piperazine rings is 1. The predicted molar refractivity (Wildman–Crippen MR) is 145 cm³/mol. The van der Waals surface area contributed by atoms with E-state index in [-0.39, 0.29) is 17.9 Å². The second-order valence-corrected chi connectivity index (χ2v) is 14.1. The van der Waals surface area contributed by atoms with E-state index in [9.17, 15) is 31.2 Å². The minimum Gasteiger partial charge on any atom is -0.441 e. The number of sulfonamides is 1. The number of nitrogens with zero attached hydrogens (tertiary/aromatic N) is 4. The van der Waals surface area contributed by atoms with Crippen LogP contribution in [0.5, 0.6) is 0 Å². The molecule has 1 aromatic rings. The maximum atomic E-state index is 13.0. The molecule has 1 aromatic carbocycles. The molecule has 3 aliphatic heterocycles. The number of ether oxygens (including phenoxy) is 1. The van der Waals surface area contributed by atoms with Crippen LogP contribution in [0.4, 0.5) is 18.0 Å². The van der Waals surface area contributed by atoms with E-state index in [0.717, 1.165) is 43.4 Å². The first-order chi connectivity index (χ1) is 19.3. The number of rotatable bonds is 6. The van der Waals surface area contributed by atoms with Gasteiger partial charge in [-0.05, 0) is 49.3 Å². The molecule has 13 heteroatoms. The van der Waals surface area contributed by atoms with Crippen molar-refractivity contribution >= 4 is 22.0 Å². The minimum absolute atomic E-state index is 0.0538. The molecule has 1 saturated carbocycles. The van der Waals surface area contributed by atoms with E-state index in [1.807, 2.05) is 4.90 Å². The van der Waals surface area contributed by atoms with Gasteiger partial charge in [-0.1, -0.05) is 12.1 Å². The third-order valence-corrected chi connectivity index (χ3v) is 10.5. The van der Waals surface area contributed by atoms with Crippen molar-refractivity contribution in [1.29, 1.82) is 0 Å². The standard InChI is InChI=1S/C28H39F3N4O5S/c1-41(38,39)35-16-14-33(15-17-35)25(36)23-6-2-22(3-7-23)19-34-20-27(40-26(34)37)10-12-32(13-11-27)18-21-4-8-24(9-5-21)28(29,30)31/h4-5,8-9,22-23H,2-3,6-7,10-20H2,1H3. The Bertz CT molecular complexity index is 1200. The fourth-order valence-corrected chi connectivity index (χ4v) is 7.50. The molecule has 0 radical (unpaired) electrons. The Hall–Kier alpha value is -2.38. The second kappa shape index (κ2) is 11.7. The Morgan fingerprint density at radius 3 is 2.15 bits per heavy atom. The smallest absolute Gasteiger partial charge is 0.416 e. The molecule has 0 aromatic heterocycles. The summed E-state index contributed by atoms with van der Waals surface area (Å²) in [5.74, 6) is 0.365. The highest BCUT2D eigenvalue weighted by Crippen LogP contribution is 2.37. The van der Waals surface area contributed by atoms with Crippen LogP contribution in [-0.2, 0) is 32.3 Å². The molecule has 41 heavy (non-hydrogen) atoms. The Morgan fingerprint density at radius 1 is 0.976 bits per heavy atom. The molecule has 4 aliphatic rings. The lowest BCUT2D eigenvalue weighted by atomic mass is 9.81. The topological polar surface area (TPSA) is 90.5 Å². The van der Waals surface area contributed by atoms with E-state index in [1.165, 1.54) is 22.7 Å². The average molecular weight is 601 g/mol. The minimum atomic E-state index is -4.34. The van der Waals surface area contributed by atoms with Crippen molar-refractivity contribution in [1.82, 2.24) is 19.0 Å². The average Bonchev–Trinajstić information content (AvgIpc) is 3.23. The van der Waals surface area contributed by atoms with Crippen molar-refractivity contribution in [2.45, 2.75) is 56.8 Å². The number of likely N-dealkylation sites (tertiary alicyclic amines) is 1. The molecule has 3 saturated heterocycles. The van der Waals surface area contributed by atoms with Gasteiger partial charge >= 0.3 is 12.3 Å². The number of carbonyl (C=O) groups excluding carboxylic acids is 2. The van der Waals surface area contributed by atoms with Crippen LogP contribution in [0.1, 0.15) is 49.7 Å². The van der Waals surface area contributed by atoms with Crippen LogP contribution in [0.3, 0.4) is 0 Å². The summed E-state index contributed by atoms with van der Waals surface area (Å²) in [4.78, 5) is 31.6. The summed E-state index contributed by atoms with van der Waals surface area (Å²) in [5.41, 5.74) is -0.347. The van der Waals surface area contributed by atoms with E-state index >= 15 is 0 Å². The fraction of sp³-hybridized carbons (Fsp3) is 0.714. The van der Waals surface area contributed by atoms with Crippen LogP contribution in [0, 0.1) is 11.8 Å². The predicted octanol–water partition coefficient (Wildman–Crippen LogP) is 3.40. The summed E-state index contributed by atoms with van der Waals surface area (Å²) in [7, 11) is -3.24. The molecule has 0 N–H and O–H groups in total. The Labute approximate surface area is 239 Å². The SMILES string of the molecule is CS(=O)(=O)N1CCN(C(=O)C2CCC(CN3CC4(CCN(Cc5ccc(C(F)(F)F)cc5)CC4)OC3=O)CC2)CC1. The highest BCUT2D eigenvalue weighted by molar-refractivity contribution is 7.88. The second-order valence-electron chi connectivity index (χ2n) is 12.1. The van der Waals surface area contributed by atoms with Gasteiger partial charge in [0.2, 0.25) is 15.9 Å². The van der Waals surface area contributed by atoms with Gasteiger partial charge in [0.15, 0.2) is 0 Å². The largest absolute Gasteiger partial charge is 0.441 e. The van der Waals surface area contributed by atoms with Gasteiger partial charge in [0, 0.05) is 71.1 Å².